The van der Waals surface area contributed by atoms with Gasteiger partial charge in [-0.15, -0.1) is 0 Å². The monoisotopic (exact) mass is 483 g/mol. The van der Waals surface area contributed by atoms with E-state index >= 15 is 0 Å². The summed E-state index contributed by atoms with van der Waals surface area (Å²) in [6.45, 7) is 4.38. The van der Waals surface area contributed by atoms with Gasteiger partial charge in [0.05, 0.1) is 11.2 Å². The molecule has 2 aromatic carbocycles. The number of likely N-dealkylation sites (tertiary alicyclic amines) is 1. The number of fused-ring (bicyclic) bond motifs is 1. The van der Waals surface area contributed by atoms with Gasteiger partial charge in [0, 0.05) is 36.1 Å². The lowest BCUT2D eigenvalue weighted by atomic mass is 9.92. The van der Waals surface area contributed by atoms with Crippen LogP contribution < -0.4 is 16.0 Å². The van der Waals surface area contributed by atoms with E-state index in [0.717, 1.165) is 36.8 Å². The molecule has 0 amide bonds. The first kappa shape index (κ1) is 24.4. The third-order valence-corrected chi connectivity index (χ3v) is 7.52. The molecule has 1 unspecified atom stereocenters. The van der Waals surface area contributed by atoms with Crippen LogP contribution in [0.15, 0.2) is 54.5 Å². The van der Waals surface area contributed by atoms with Gasteiger partial charge in [-0.05, 0) is 106 Å². The van der Waals surface area contributed by atoms with Crippen molar-refractivity contribution in [3.05, 3.63) is 65.6 Å². The first-order valence-electron chi connectivity index (χ1n) is 13.0. The highest BCUT2D eigenvalue weighted by atomic mass is 15.1. The van der Waals surface area contributed by atoms with Crippen LogP contribution in [0.5, 0.6) is 0 Å². The molecule has 1 aromatic heterocycles. The van der Waals surface area contributed by atoms with Crippen LogP contribution >= 0.6 is 0 Å². The van der Waals surface area contributed by atoms with E-state index in [1.165, 1.54) is 41.3 Å². The summed E-state index contributed by atoms with van der Waals surface area (Å²) in [6.07, 6.45) is 9.80. The topological polar surface area (TPSA) is 89.0 Å². The Morgan fingerprint density at radius 1 is 1.11 bits per heavy atom. The summed E-state index contributed by atoms with van der Waals surface area (Å²) in [5, 5.41) is 18.8. The first-order valence-corrected chi connectivity index (χ1v) is 13.0. The Morgan fingerprint density at radius 3 is 2.64 bits per heavy atom. The molecule has 188 valence electrons. The smallest absolute Gasteiger partial charge is 0.227 e. The minimum absolute atomic E-state index is 0.305. The molecule has 1 atom stereocenters. The molecule has 0 spiro atoms. The van der Waals surface area contributed by atoms with Crippen molar-refractivity contribution in [2.75, 3.05) is 32.5 Å². The normalized spacial score (nSPS) is 18.2. The highest BCUT2D eigenvalue weighted by Gasteiger charge is 2.27. The Bertz CT molecular complexity index is 1260. The molecule has 1 aliphatic carbocycles. The van der Waals surface area contributed by atoms with Crippen LogP contribution in [0.2, 0.25) is 0 Å². The minimum atomic E-state index is 0.305. The Kier molecular flexibility index (Phi) is 7.30. The molecule has 1 aliphatic heterocycles. The maximum Gasteiger partial charge on any atom is 0.227 e. The van der Waals surface area contributed by atoms with Crippen LogP contribution in [-0.4, -0.2) is 54.3 Å². The second kappa shape index (κ2) is 10.8. The number of aromatic nitrogens is 2. The molecule has 7 nitrogen and oxygen atoms in total. The van der Waals surface area contributed by atoms with Crippen LogP contribution in [-0.2, 0) is 0 Å². The molecular weight excluding hydrogens is 446 g/mol. The summed E-state index contributed by atoms with van der Waals surface area (Å²) >= 11 is 0. The van der Waals surface area contributed by atoms with Gasteiger partial charge in [0.1, 0.15) is 0 Å². The van der Waals surface area contributed by atoms with Gasteiger partial charge in [-0.1, -0.05) is 18.2 Å². The Labute approximate surface area is 213 Å². The lowest BCUT2D eigenvalue weighted by Crippen LogP contribution is -2.39. The van der Waals surface area contributed by atoms with Crippen molar-refractivity contribution in [2.45, 2.75) is 50.6 Å². The summed E-state index contributed by atoms with van der Waals surface area (Å²) in [5.41, 5.74) is 6.80. The summed E-state index contributed by atoms with van der Waals surface area (Å²) in [4.78, 5) is 11.6. The molecule has 5 rings (SSSR count). The van der Waals surface area contributed by atoms with E-state index in [0.29, 0.717) is 29.6 Å². The fourth-order valence-electron chi connectivity index (χ4n) is 4.90. The number of hydrogen-bond donors (Lipinski definition) is 4. The molecule has 0 bridgehead atoms. The van der Waals surface area contributed by atoms with Crippen LogP contribution in [0.25, 0.3) is 22.0 Å². The van der Waals surface area contributed by atoms with Crippen molar-refractivity contribution >= 4 is 23.1 Å². The van der Waals surface area contributed by atoms with E-state index in [9.17, 15) is 0 Å². The molecule has 0 radical (unpaired) electrons. The predicted molar refractivity (Wildman–Crippen MR) is 149 cm³/mol. The molecule has 3 aromatic rings. The first-order chi connectivity index (χ1) is 17.5. The number of nitrogens with one attached hydrogen (secondary N) is 4. The molecule has 4 N–H and O–H groups in total. The Morgan fingerprint density at radius 2 is 1.92 bits per heavy atom. The quantitative estimate of drug-likeness (QED) is 0.319. The average Bonchev–Trinajstić information content (AvgIpc) is 3.76. The minimum Gasteiger partial charge on any atom is -0.386 e. The van der Waals surface area contributed by atoms with Crippen molar-refractivity contribution in [1.29, 1.82) is 5.41 Å². The highest BCUT2D eigenvalue weighted by Crippen LogP contribution is 2.45. The number of nitrogens with zero attached hydrogens (tertiary/aromatic N) is 3. The highest BCUT2D eigenvalue weighted by molar-refractivity contribution is 5.86. The van der Waals surface area contributed by atoms with Crippen LogP contribution in [0, 0.1) is 5.41 Å². The summed E-state index contributed by atoms with van der Waals surface area (Å²) in [7, 11) is 4.16. The fraction of sp³-hybridized carbons (Fsp3) is 0.414. The van der Waals surface area contributed by atoms with E-state index in [1.807, 2.05) is 19.4 Å². The second-order valence-corrected chi connectivity index (χ2v) is 10.2. The lowest BCUT2D eigenvalue weighted by Gasteiger charge is -2.29. The predicted octanol–water partition coefficient (Wildman–Crippen LogP) is 5.04. The van der Waals surface area contributed by atoms with Crippen LogP contribution in [0.1, 0.15) is 55.7 Å². The van der Waals surface area contributed by atoms with Crippen molar-refractivity contribution in [3.8, 4) is 11.1 Å². The Balaban J connectivity index is 1.35. The van der Waals surface area contributed by atoms with Gasteiger partial charge in [-0.2, -0.15) is 0 Å². The molecule has 7 heteroatoms. The standard InChI is InChI=1S/C29H37N7/c1-19(31-2)21-6-8-26(20-4-5-20)27(15-21)22-7-9-28-23(14-22)17-33-29(35-28)34-25(16-30)18-32-24-10-12-36(3)13-11-24/h6-9,14-20,24,30-32H,4-5,10-13H2,1-3H3,(H,33,34,35)/b25-18+,30-16?. The number of benzene rings is 2. The summed E-state index contributed by atoms with van der Waals surface area (Å²) < 4.78 is 0. The van der Waals surface area contributed by atoms with Gasteiger partial charge < -0.3 is 26.3 Å². The van der Waals surface area contributed by atoms with Gasteiger partial charge in [-0.25, -0.2) is 9.97 Å². The number of hydrogen-bond acceptors (Lipinski definition) is 7. The molecule has 2 fully saturated rings. The molecule has 36 heavy (non-hydrogen) atoms. The van der Waals surface area contributed by atoms with Crippen LogP contribution in [0.3, 0.4) is 0 Å². The molecule has 1 saturated heterocycles. The number of anilines is 1. The number of piperidine rings is 1. The molecule has 1 saturated carbocycles. The van der Waals surface area contributed by atoms with E-state index in [1.54, 1.807) is 0 Å². The van der Waals surface area contributed by atoms with Crippen molar-refractivity contribution < 1.29 is 0 Å². The summed E-state index contributed by atoms with van der Waals surface area (Å²) in [6, 6.07) is 14.1. The maximum absolute atomic E-state index is 7.80. The number of allylic oxidation sites excluding steroid dienone is 1. The third kappa shape index (κ3) is 5.58. The molecular formula is C29H37N7. The van der Waals surface area contributed by atoms with Gasteiger partial charge in [0.25, 0.3) is 0 Å². The fourth-order valence-corrected chi connectivity index (χ4v) is 4.90. The number of rotatable bonds is 9. The van der Waals surface area contributed by atoms with Gasteiger partial charge in [0.15, 0.2) is 0 Å². The SMILES string of the molecule is CNC(C)c1ccc(C2CC2)c(-c2ccc3nc(N/C(C=N)=C/NC4CCN(C)CC4)ncc3c2)c1. The zero-order valence-corrected chi connectivity index (χ0v) is 21.5. The molecule has 2 heterocycles. The van der Waals surface area contributed by atoms with E-state index in [-0.39, 0.29) is 0 Å². The largest absolute Gasteiger partial charge is 0.386 e. The zero-order valence-electron chi connectivity index (χ0n) is 21.5. The van der Waals surface area contributed by atoms with E-state index in [2.05, 4.69) is 76.2 Å². The third-order valence-electron chi connectivity index (χ3n) is 7.52. The van der Waals surface area contributed by atoms with Crippen molar-refractivity contribution in [3.63, 3.8) is 0 Å². The zero-order chi connectivity index (χ0) is 25.1. The summed E-state index contributed by atoms with van der Waals surface area (Å²) in [5.74, 6) is 1.17. The van der Waals surface area contributed by atoms with Gasteiger partial charge in [0.2, 0.25) is 5.95 Å². The van der Waals surface area contributed by atoms with E-state index in [4.69, 9.17) is 10.4 Å². The van der Waals surface area contributed by atoms with E-state index < -0.39 is 0 Å². The van der Waals surface area contributed by atoms with Crippen molar-refractivity contribution in [2.24, 2.45) is 0 Å². The second-order valence-electron chi connectivity index (χ2n) is 10.2. The lowest BCUT2D eigenvalue weighted by molar-refractivity contribution is 0.244. The van der Waals surface area contributed by atoms with Gasteiger partial charge in [-0.3, -0.25) is 0 Å². The maximum atomic E-state index is 7.80. The van der Waals surface area contributed by atoms with Crippen molar-refractivity contribution in [1.82, 2.24) is 25.5 Å². The Hall–Kier alpha value is -3.29. The molecule has 2 aliphatic rings. The van der Waals surface area contributed by atoms with Crippen LogP contribution in [0.4, 0.5) is 5.95 Å². The van der Waals surface area contributed by atoms with Gasteiger partial charge >= 0.3 is 0 Å². The average molecular weight is 484 g/mol.